The van der Waals surface area contributed by atoms with Crippen LogP contribution in [0.25, 0.3) is 0 Å². The number of aliphatic hydroxyl groups excluding tert-OH is 1. The SMILES string of the molecule is CC[C@@H]1CCCN1C(=O)CCCCCCCCCCC(C)O. The fourth-order valence-electron chi connectivity index (χ4n) is 3.51. The van der Waals surface area contributed by atoms with Gasteiger partial charge in [-0.1, -0.05) is 51.9 Å². The van der Waals surface area contributed by atoms with Crippen LogP contribution in [0.15, 0.2) is 0 Å². The van der Waals surface area contributed by atoms with Gasteiger partial charge in [-0.15, -0.1) is 0 Å². The topological polar surface area (TPSA) is 40.5 Å². The summed E-state index contributed by atoms with van der Waals surface area (Å²) in [6.07, 6.45) is 14.9. The molecule has 0 radical (unpaired) electrons. The predicted molar refractivity (Wildman–Crippen MR) is 92.9 cm³/mol. The minimum absolute atomic E-state index is 0.138. The fourth-order valence-corrected chi connectivity index (χ4v) is 3.51. The molecule has 2 atom stereocenters. The Balaban J connectivity index is 1.90. The number of unbranched alkanes of at least 4 members (excludes halogenated alkanes) is 7. The smallest absolute Gasteiger partial charge is 0.222 e. The highest BCUT2D eigenvalue weighted by Crippen LogP contribution is 2.21. The van der Waals surface area contributed by atoms with Gasteiger partial charge in [-0.05, 0) is 39.0 Å². The lowest BCUT2D eigenvalue weighted by molar-refractivity contribution is -0.132. The average Bonchev–Trinajstić information content (AvgIpc) is 2.97. The Hall–Kier alpha value is -0.570. The van der Waals surface area contributed by atoms with E-state index in [-0.39, 0.29) is 6.10 Å². The summed E-state index contributed by atoms with van der Waals surface area (Å²) in [5.41, 5.74) is 0. The molecule has 1 saturated heterocycles. The zero-order valence-electron chi connectivity index (χ0n) is 14.9. The van der Waals surface area contributed by atoms with Crippen LogP contribution in [0.5, 0.6) is 0 Å². The Morgan fingerprint density at radius 1 is 1.09 bits per heavy atom. The second kappa shape index (κ2) is 11.9. The average molecular weight is 312 g/mol. The number of aliphatic hydroxyl groups is 1. The monoisotopic (exact) mass is 311 g/mol. The number of likely N-dealkylation sites (tertiary alicyclic amines) is 1. The van der Waals surface area contributed by atoms with Gasteiger partial charge >= 0.3 is 0 Å². The number of rotatable bonds is 12. The third kappa shape index (κ3) is 8.17. The van der Waals surface area contributed by atoms with Crippen molar-refractivity contribution in [2.45, 2.75) is 109 Å². The molecule has 1 heterocycles. The lowest BCUT2D eigenvalue weighted by Crippen LogP contribution is -2.34. The molecule has 0 aromatic carbocycles. The highest BCUT2D eigenvalue weighted by molar-refractivity contribution is 5.76. The summed E-state index contributed by atoms with van der Waals surface area (Å²) in [5, 5.41) is 9.18. The van der Waals surface area contributed by atoms with E-state index in [4.69, 9.17) is 0 Å². The van der Waals surface area contributed by atoms with E-state index < -0.39 is 0 Å². The molecule has 0 aromatic rings. The largest absolute Gasteiger partial charge is 0.393 e. The Morgan fingerprint density at radius 2 is 1.68 bits per heavy atom. The van der Waals surface area contributed by atoms with Crippen molar-refractivity contribution in [2.75, 3.05) is 6.54 Å². The number of carbonyl (C=O) groups is 1. The van der Waals surface area contributed by atoms with Gasteiger partial charge in [0.1, 0.15) is 0 Å². The van der Waals surface area contributed by atoms with Gasteiger partial charge in [-0.25, -0.2) is 0 Å². The van der Waals surface area contributed by atoms with Crippen LogP contribution >= 0.6 is 0 Å². The molecule has 0 saturated carbocycles. The molecule has 0 bridgehead atoms. The van der Waals surface area contributed by atoms with Gasteiger partial charge in [0.05, 0.1) is 6.10 Å². The molecular weight excluding hydrogens is 274 g/mol. The van der Waals surface area contributed by atoms with E-state index in [2.05, 4.69) is 11.8 Å². The minimum atomic E-state index is -0.138. The van der Waals surface area contributed by atoms with Crippen molar-refractivity contribution >= 4 is 5.91 Å². The minimum Gasteiger partial charge on any atom is -0.393 e. The summed E-state index contributed by atoms with van der Waals surface area (Å²) in [4.78, 5) is 14.3. The van der Waals surface area contributed by atoms with Gasteiger partial charge < -0.3 is 10.0 Å². The standard InChI is InChI=1S/C19H37NO2/c1-3-18-14-12-16-20(18)19(22)15-11-9-7-5-4-6-8-10-13-17(2)21/h17-18,21H,3-16H2,1-2H3/t17?,18-/m1/s1. The first-order chi connectivity index (χ1) is 10.6. The first-order valence-corrected chi connectivity index (χ1v) is 9.62. The Bertz CT molecular complexity index is 291. The molecule has 0 aliphatic carbocycles. The van der Waals surface area contributed by atoms with Crippen LogP contribution in [0.1, 0.15) is 97.3 Å². The highest BCUT2D eigenvalue weighted by atomic mass is 16.3. The molecule has 1 rings (SSSR count). The first kappa shape index (κ1) is 19.5. The number of hydrogen-bond acceptors (Lipinski definition) is 2. The predicted octanol–water partition coefficient (Wildman–Crippen LogP) is 4.67. The summed E-state index contributed by atoms with van der Waals surface area (Å²) < 4.78 is 0. The number of hydrogen-bond donors (Lipinski definition) is 1. The molecule has 22 heavy (non-hydrogen) atoms. The molecular formula is C19H37NO2. The summed E-state index contributed by atoms with van der Waals surface area (Å²) in [6, 6.07) is 0.522. The van der Waals surface area contributed by atoms with E-state index >= 15 is 0 Å². The summed E-state index contributed by atoms with van der Waals surface area (Å²) in [5.74, 6) is 0.391. The van der Waals surface area contributed by atoms with Crippen LogP contribution in [-0.4, -0.2) is 34.6 Å². The van der Waals surface area contributed by atoms with Gasteiger partial charge in [0, 0.05) is 19.0 Å². The number of amides is 1. The van der Waals surface area contributed by atoms with Gasteiger partial charge in [0.15, 0.2) is 0 Å². The van der Waals surface area contributed by atoms with Crippen molar-refractivity contribution in [1.29, 1.82) is 0 Å². The van der Waals surface area contributed by atoms with Gasteiger partial charge in [-0.2, -0.15) is 0 Å². The van der Waals surface area contributed by atoms with Crippen LogP contribution in [0.4, 0.5) is 0 Å². The number of carbonyl (C=O) groups excluding carboxylic acids is 1. The zero-order valence-corrected chi connectivity index (χ0v) is 14.9. The molecule has 1 unspecified atom stereocenters. The van der Waals surface area contributed by atoms with Gasteiger partial charge in [-0.3, -0.25) is 4.79 Å². The summed E-state index contributed by atoms with van der Waals surface area (Å²) in [7, 11) is 0. The van der Waals surface area contributed by atoms with Crippen molar-refractivity contribution in [1.82, 2.24) is 4.90 Å². The number of nitrogens with zero attached hydrogens (tertiary/aromatic N) is 1. The third-order valence-corrected chi connectivity index (χ3v) is 4.93. The molecule has 1 aliphatic heterocycles. The van der Waals surface area contributed by atoms with Crippen molar-refractivity contribution < 1.29 is 9.90 Å². The first-order valence-electron chi connectivity index (χ1n) is 9.62. The molecule has 1 N–H and O–H groups in total. The molecule has 130 valence electrons. The van der Waals surface area contributed by atoms with Crippen LogP contribution in [0, 0.1) is 0 Å². The van der Waals surface area contributed by atoms with Crippen molar-refractivity contribution in [2.24, 2.45) is 0 Å². The van der Waals surface area contributed by atoms with Crippen LogP contribution in [-0.2, 0) is 4.79 Å². The molecule has 1 amide bonds. The molecule has 1 aliphatic rings. The van der Waals surface area contributed by atoms with Crippen LogP contribution < -0.4 is 0 Å². The van der Waals surface area contributed by atoms with E-state index in [1.54, 1.807) is 0 Å². The highest BCUT2D eigenvalue weighted by Gasteiger charge is 2.26. The van der Waals surface area contributed by atoms with E-state index in [1.807, 2.05) is 6.92 Å². The van der Waals surface area contributed by atoms with Gasteiger partial charge in [0.2, 0.25) is 5.91 Å². The van der Waals surface area contributed by atoms with Gasteiger partial charge in [0.25, 0.3) is 0 Å². The second-order valence-corrected chi connectivity index (χ2v) is 7.01. The molecule has 0 spiro atoms. The third-order valence-electron chi connectivity index (χ3n) is 4.93. The van der Waals surface area contributed by atoms with Crippen LogP contribution in [0.3, 0.4) is 0 Å². The molecule has 1 fully saturated rings. The Morgan fingerprint density at radius 3 is 2.27 bits per heavy atom. The Kier molecular flexibility index (Phi) is 10.6. The maximum Gasteiger partial charge on any atom is 0.222 e. The molecule has 0 aromatic heterocycles. The van der Waals surface area contributed by atoms with E-state index in [1.165, 1.54) is 51.4 Å². The Labute approximate surface area is 137 Å². The maximum absolute atomic E-state index is 12.2. The van der Waals surface area contributed by atoms with Crippen molar-refractivity contribution in [3.05, 3.63) is 0 Å². The second-order valence-electron chi connectivity index (χ2n) is 7.01. The van der Waals surface area contributed by atoms with Crippen molar-refractivity contribution in [3.63, 3.8) is 0 Å². The molecule has 3 heteroatoms. The lowest BCUT2D eigenvalue weighted by atomic mass is 10.0. The quantitative estimate of drug-likeness (QED) is 0.532. The van der Waals surface area contributed by atoms with Crippen LogP contribution in [0.2, 0.25) is 0 Å². The summed E-state index contributed by atoms with van der Waals surface area (Å²) in [6.45, 7) is 5.05. The van der Waals surface area contributed by atoms with Crippen molar-refractivity contribution in [3.8, 4) is 0 Å². The van der Waals surface area contributed by atoms with E-state index in [0.717, 1.165) is 38.6 Å². The summed E-state index contributed by atoms with van der Waals surface area (Å²) >= 11 is 0. The lowest BCUT2D eigenvalue weighted by Gasteiger charge is -2.23. The fraction of sp³-hybridized carbons (Fsp3) is 0.947. The van der Waals surface area contributed by atoms with E-state index in [0.29, 0.717) is 11.9 Å². The maximum atomic E-state index is 12.2. The van der Waals surface area contributed by atoms with E-state index in [9.17, 15) is 9.90 Å². The normalized spacial score (nSPS) is 19.6. The molecule has 3 nitrogen and oxygen atoms in total. The zero-order chi connectivity index (χ0) is 16.2.